The molecule has 0 saturated carbocycles. The molecule has 1 aliphatic carbocycles. The highest BCUT2D eigenvalue weighted by Crippen LogP contribution is 2.32. The maximum atomic E-state index is 12.6. The van der Waals surface area contributed by atoms with Gasteiger partial charge in [0.15, 0.2) is 0 Å². The van der Waals surface area contributed by atoms with Gasteiger partial charge >= 0.3 is 0 Å². The number of carbonyl (C=O) groups is 1. The van der Waals surface area contributed by atoms with Crippen molar-refractivity contribution in [3.63, 3.8) is 0 Å². The van der Waals surface area contributed by atoms with Crippen LogP contribution in [0.1, 0.15) is 43.5 Å². The fourth-order valence-corrected chi connectivity index (χ4v) is 4.11. The van der Waals surface area contributed by atoms with E-state index >= 15 is 0 Å². The van der Waals surface area contributed by atoms with Gasteiger partial charge in [-0.15, -0.1) is 0 Å². The van der Waals surface area contributed by atoms with Crippen LogP contribution in [-0.4, -0.2) is 21.1 Å². The van der Waals surface area contributed by atoms with E-state index < -0.39 is 0 Å². The number of anilines is 1. The van der Waals surface area contributed by atoms with E-state index in [1.165, 1.54) is 17.3 Å². The monoisotopic (exact) mass is 366 g/mol. The molecule has 2 heterocycles. The lowest BCUT2D eigenvalue weighted by molar-refractivity contribution is -0.115. The molecule has 0 radical (unpaired) electrons. The van der Waals surface area contributed by atoms with Gasteiger partial charge in [0.2, 0.25) is 5.91 Å². The number of fused-ring (bicyclic) bond motifs is 1. The molecule has 5 nitrogen and oxygen atoms in total. The predicted octanol–water partition coefficient (Wildman–Crippen LogP) is 3.98. The van der Waals surface area contributed by atoms with E-state index in [1.54, 1.807) is 24.5 Å². The Hall–Kier alpha value is -2.39. The van der Waals surface area contributed by atoms with Crippen molar-refractivity contribution < 1.29 is 4.79 Å². The van der Waals surface area contributed by atoms with Crippen LogP contribution in [0.25, 0.3) is 0 Å². The number of nitrogens with zero attached hydrogens (tertiary/aromatic N) is 3. The van der Waals surface area contributed by atoms with Crippen molar-refractivity contribution in [2.24, 2.45) is 5.92 Å². The second-order valence-electron chi connectivity index (χ2n) is 6.65. The molecule has 26 heavy (non-hydrogen) atoms. The van der Waals surface area contributed by atoms with Crippen LogP contribution in [0.4, 0.5) is 5.69 Å². The summed E-state index contributed by atoms with van der Waals surface area (Å²) in [7, 11) is 0. The quantitative estimate of drug-likeness (QED) is 0.810. The third-order valence-electron chi connectivity index (χ3n) is 4.58. The first-order valence-corrected chi connectivity index (χ1v) is 9.79. The number of hydrogen-bond donors (Lipinski definition) is 1. The molecule has 6 heteroatoms. The van der Waals surface area contributed by atoms with Crippen molar-refractivity contribution >= 4 is 23.4 Å². The van der Waals surface area contributed by atoms with E-state index in [1.807, 2.05) is 13.0 Å². The Kier molecular flexibility index (Phi) is 5.89. The number of nitrogens with one attached hydrogen (secondary N) is 1. The molecular formula is C20H22N4OS. The number of rotatable bonds is 5. The molecule has 0 bridgehead atoms. The number of carbonyl (C=O) groups excluding carboxylic acids is 1. The Bertz CT molecular complexity index is 832. The lowest BCUT2D eigenvalue weighted by atomic mass is 9.87. The number of pyridine rings is 2. The molecule has 0 fully saturated rings. The zero-order chi connectivity index (χ0) is 18.5. The van der Waals surface area contributed by atoms with E-state index in [0.717, 1.165) is 30.6 Å². The normalized spacial score (nSPS) is 17.0. The third kappa shape index (κ3) is 4.23. The van der Waals surface area contributed by atoms with Crippen LogP contribution >= 0.6 is 11.8 Å². The summed E-state index contributed by atoms with van der Waals surface area (Å²) in [6.07, 6.45) is 6.97. The fraction of sp³-hybridized carbons (Fsp3) is 0.400. The highest BCUT2D eigenvalue weighted by Gasteiger charge is 2.24. The number of aryl methyl sites for hydroxylation is 1. The summed E-state index contributed by atoms with van der Waals surface area (Å²) in [6.45, 7) is 4.20. The van der Waals surface area contributed by atoms with E-state index in [9.17, 15) is 10.1 Å². The van der Waals surface area contributed by atoms with Crippen molar-refractivity contribution in [3.05, 3.63) is 47.4 Å². The van der Waals surface area contributed by atoms with Crippen LogP contribution in [0.2, 0.25) is 0 Å². The molecule has 2 aromatic heterocycles. The number of thioether (sulfide) groups is 1. The van der Waals surface area contributed by atoms with Crippen LogP contribution in [0.3, 0.4) is 0 Å². The van der Waals surface area contributed by atoms with Gasteiger partial charge in [-0.3, -0.25) is 9.78 Å². The summed E-state index contributed by atoms with van der Waals surface area (Å²) in [4.78, 5) is 21.3. The van der Waals surface area contributed by atoms with E-state index in [-0.39, 0.29) is 11.2 Å². The summed E-state index contributed by atoms with van der Waals surface area (Å²) in [6, 6.07) is 7.74. The molecular weight excluding hydrogens is 344 g/mol. The molecule has 2 aromatic rings. The minimum atomic E-state index is -0.302. The van der Waals surface area contributed by atoms with Crippen molar-refractivity contribution in [1.29, 1.82) is 5.26 Å². The van der Waals surface area contributed by atoms with Gasteiger partial charge in [0.05, 0.1) is 10.8 Å². The Morgan fingerprint density at radius 3 is 2.92 bits per heavy atom. The first-order valence-electron chi connectivity index (χ1n) is 8.91. The van der Waals surface area contributed by atoms with Crippen LogP contribution < -0.4 is 5.32 Å². The minimum Gasteiger partial charge on any atom is -0.325 e. The molecule has 0 aromatic carbocycles. The first kappa shape index (κ1) is 18.4. The Morgan fingerprint density at radius 1 is 1.46 bits per heavy atom. The molecule has 0 spiro atoms. The zero-order valence-electron chi connectivity index (χ0n) is 15.0. The topological polar surface area (TPSA) is 78.7 Å². The summed E-state index contributed by atoms with van der Waals surface area (Å²) >= 11 is 1.38. The summed E-state index contributed by atoms with van der Waals surface area (Å²) in [5.74, 6) is 0.546. The van der Waals surface area contributed by atoms with Gasteiger partial charge in [-0.05, 0) is 55.4 Å². The van der Waals surface area contributed by atoms with Gasteiger partial charge in [-0.2, -0.15) is 5.26 Å². The van der Waals surface area contributed by atoms with Crippen LogP contribution in [0.15, 0.2) is 35.6 Å². The summed E-state index contributed by atoms with van der Waals surface area (Å²) in [5, 5.41) is 12.8. The molecule has 1 amide bonds. The highest BCUT2D eigenvalue weighted by atomic mass is 32.2. The van der Waals surface area contributed by atoms with Gasteiger partial charge in [-0.25, -0.2) is 4.98 Å². The zero-order valence-corrected chi connectivity index (χ0v) is 15.8. The molecule has 1 N–H and O–H groups in total. The average molecular weight is 366 g/mol. The van der Waals surface area contributed by atoms with E-state index in [4.69, 9.17) is 4.98 Å². The number of amides is 1. The van der Waals surface area contributed by atoms with Crippen molar-refractivity contribution in [3.8, 4) is 6.07 Å². The Balaban J connectivity index is 1.79. The Morgan fingerprint density at radius 2 is 2.23 bits per heavy atom. The smallest absolute Gasteiger partial charge is 0.237 e. The summed E-state index contributed by atoms with van der Waals surface area (Å²) in [5.41, 5.74) is 3.54. The van der Waals surface area contributed by atoms with Crippen LogP contribution in [-0.2, 0) is 17.6 Å². The number of aromatic nitrogens is 2. The molecule has 0 saturated heterocycles. The van der Waals surface area contributed by atoms with Crippen LogP contribution in [0, 0.1) is 17.2 Å². The molecule has 2 unspecified atom stereocenters. The maximum absolute atomic E-state index is 12.6. The second-order valence-corrected chi connectivity index (χ2v) is 7.84. The molecule has 2 atom stereocenters. The standard InChI is InChI=1S/C20H22N4OS/c1-3-18(19(25)23-16-6-8-22-9-7-16)26-20-15(12-21)11-14-10-13(2)4-5-17(14)24-20/h6-9,11,13,18H,3-5,10H2,1-2H3,(H,22,23,25). The average Bonchev–Trinajstić information content (AvgIpc) is 2.66. The fourth-order valence-electron chi connectivity index (χ4n) is 3.11. The lowest BCUT2D eigenvalue weighted by Crippen LogP contribution is -2.25. The van der Waals surface area contributed by atoms with Crippen molar-refractivity contribution in [2.75, 3.05) is 5.32 Å². The highest BCUT2D eigenvalue weighted by molar-refractivity contribution is 8.00. The first-order chi connectivity index (χ1) is 12.6. The minimum absolute atomic E-state index is 0.0827. The van der Waals surface area contributed by atoms with E-state index in [0.29, 0.717) is 22.9 Å². The van der Waals surface area contributed by atoms with Gasteiger partial charge in [-0.1, -0.05) is 25.6 Å². The predicted molar refractivity (Wildman–Crippen MR) is 103 cm³/mol. The van der Waals surface area contributed by atoms with Crippen LogP contribution in [0.5, 0.6) is 0 Å². The van der Waals surface area contributed by atoms with Crippen molar-refractivity contribution in [1.82, 2.24) is 9.97 Å². The lowest BCUT2D eigenvalue weighted by Gasteiger charge is -2.22. The Labute approximate surface area is 158 Å². The van der Waals surface area contributed by atoms with Gasteiger partial charge in [0, 0.05) is 23.8 Å². The second kappa shape index (κ2) is 8.33. The van der Waals surface area contributed by atoms with Gasteiger partial charge in [0.1, 0.15) is 11.1 Å². The summed E-state index contributed by atoms with van der Waals surface area (Å²) < 4.78 is 0. The molecule has 134 valence electrons. The largest absolute Gasteiger partial charge is 0.325 e. The maximum Gasteiger partial charge on any atom is 0.237 e. The SMILES string of the molecule is CCC(Sc1nc2c(cc1C#N)CC(C)CC2)C(=O)Nc1ccncc1. The third-order valence-corrected chi connectivity index (χ3v) is 5.95. The van der Waals surface area contributed by atoms with Gasteiger partial charge < -0.3 is 5.32 Å². The number of nitriles is 1. The molecule has 3 rings (SSSR count). The molecule has 0 aliphatic heterocycles. The van der Waals surface area contributed by atoms with E-state index in [2.05, 4.69) is 23.3 Å². The van der Waals surface area contributed by atoms with Gasteiger partial charge in [0.25, 0.3) is 0 Å². The van der Waals surface area contributed by atoms with Crippen molar-refractivity contribution in [2.45, 2.75) is 49.8 Å². The molecule has 1 aliphatic rings. The number of hydrogen-bond acceptors (Lipinski definition) is 5.